The quantitative estimate of drug-likeness (QED) is 0.573. The van der Waals surface area contributed by atoms with E-state index in [1.807, 2.05) is 0 Å². The van der Waals surface area contributed by atoms with Crippen LogP contribution in [0.5, 0.6) is 0 Å². The van der Waals surface area contributed by atoms with Gasteiger partial charge in [-0.3, -0.25) is 4.74 Å². The number of hydrogen-bond acceptors (Lipinski definition) is 1. The van der Waals surface area contributed by atoms with Crippen LogP contribution in [0.25, 0.3) is 0 Å². The molecule has 0 aromatic heterocycles. The Kier molecular flexibility index (Phi) is 3.76. The monoisotopic (exact) mass is 296 g/mol. The first-order valence-electron chi connectivity index (χ1n) is 2.71. The van der Waals surface area contributed by atoms with Gasteiger partial charge in [0, 0.05) is 15.9 Å². The normalized spacial score (nSPS) is 16.9. The van der Waals surface area contributed by atoms with Gasteiger partial charge in [-0.1, -0.05) is 0 Å². The van der Waals surface area contributed by atoms with Crippen molar-refractivity contribution in [3.05, 3.63) is 0 Å². The maximum Gasteiger partial charge on any atom is 0.445 e. The van der Waals surface area contributed by atoms with Crippen LogP contribution in [0.15, 0.2) is 0 Å². The minimum atomic E-state index is -5.79. The van der Waals surface area contributed by atoms with E-state index in [0.29, 0.717) is 0 Å². The largest absolute Gasteiger partial charge is 0.445 e. The summed E-state index contributed by atoms with van der Waals surface area (Å²) < 4.78 is 95.2. The van der Waals surface area contributed by atoms with Gasteiger partial charge in [-0.2, -0.15) is 30.7 Å². The maximum absolute atomic E-state index is 12.0. The molecule has 86 valence electrons. The Labute approximate surface area is 80.1 Å². The summed E-state index contributed by atoms with van der Waals surface area (Å²) in [5, 5.41) is 0. The van der Waals surface area contributed by atoms with Crippen molar-refractivity contribution in [2.75, 3.05) is 0 Å². The molecule has 0 aliphatic carbocycles. The van der Waals surface area contributed by atoms with Crippen molar-refractivity contribution in [2.24, 2.45) is 0 Å². The van der Waals surface area contributed by atoms with Gasteiger partial charge in [0.05, 0.1) is 0 Å². The topological polar surface area (TPSA) is 9.23 Å². The summed E-state index contributed by atoms with van der Waals surface area (Å²) in [6.07, 6.45) is -15.9. The molecule has 0 heterocycles. The van der Waals surface area contributed by atoms with Gasteiger partial charge in [0.1, 0.15) is 0 Å². The molecule has 0 aliphatic rings. The third-order valence-corrected chi connectivity index (χ3v) is 1.30. The molecular weight excluding hydrogens is 296 g/mol. The van der Waals surface area contributed by atoms with Gasteiger partial charge < -0.3 is 0 Å². The van der Waals surface area contributed by atoms with E-state index in [1.54, 1.807) is 0 Å². The number of halogens is 9. The Morgan fingerprint density at radius 2 is 1.29 bits per heavy atom. The lowest BCUT2D eigenvalue weighted by molar-refractivity contribution is -0.390. The van der Waals surface area contributed by atoms with E-state index >= 15 is 0 Å². The predicted molar refractivity (Wildman–Crippen MR) is 30.9 cm³/mol. The van der Waals surface area contributed by atoms with Crippen LogP contribution in [0.3, 0.4) is 0 Å². The standard InChI is InChI=1S/C4HBrF8O/c5-3(10,11)4(12,13)14-1(6)2(7,8)9/h1H. The van der Waals surface area contributed by atoms with Crippen molar-refractivity contribution < 1.29 is 39.9 Å². The molecule has 0 N–H and O–H groups in total. The molecular formula is C4HBrF8O. The zero-order valence-corrected chi connectivity index (χ0v) is 7.47. The summed E-state index contributed by atoms with van der Waals surface area (Å²) in [4.78, 5) is -5.09. The first-order valence-corrected chi connectivity index (χ1v) is 3.50. The third kappa shape index (κ3) is 3.56. The van der Waals surface area contributed by atoms with Gasteiger partial charge in [-0.15, -0.1) is 0 Å². The molecule has 0 amide bonds. The van der Waals surface area contributed by atoms with E-state index in [1.165, 1.54) is 0 Å². The van der Waals surface area contributed by atoms with Crippen molar-refractivity contribution >= 4 is 15.9 Å². The van der Waals surface area contributed by atoms with E-state index in [-0.39, 0.29) is 0 Å². The second-order valence-electron chi connectivity index (χ2n) is 1.99. The summed E-state index contributed by atoms with van der Waals surface area (Å²) >= 11 is 1.05. The van der Waals surface area contributed by atoms with Gasteiger partial charge in [-0.05, 0) is 0 Å². The second kappa shape index (κ2) is 3.80. The van der Waals surface area contributed by atoms with Crippen LogP contribution in [0.4, 0.5) is 35.1 Å². The predicted octanol–water partition coefficient (Wildman–Crippen LogP) is 3.44. The molecule has 14 heavy (non-hydrogen) atoms. The Morgan fingerprint density at radius 1 is 0.929 bits per heavy atom. The van der Waals surface area contributed by atoms with E-state index in [4.69, 9.17) is 0 Å². The summed E-state index contributed by atoms with van der Waals surface area (Å²) in [7, 11) is 0. The van der Waals surface area contributed by atoms with Crippen LogP contribution in [0, 0.1) is 0 Å². The van der Waals surface area contributed by atoms with Crippen LogP contribution in [-0.4, -0.2) is 23.5 Å². The second-order valence-corrected chi connectivity index (χ2v) is 2.99. The van der Waals surface area contributed by atoms with Crippen molar-refractivity contribution in [1.82, 2.24) is 0 Å². The molecule has 0 radical (unpaired) electrons. The Balaban J connectivity index is 4.53. The molecule has 0 fully saturated rings. The van der Waals surface area contributed by atoms with E-state index in [0.717, 1.165) is 15.9 Å². The maximum atomic E-state index is 12.0. The lowest BCUT2D eigenvalue weighted by Crippen LogP contribution is -2.43. The van der Waals surface area contributed by atoms with E-state index in [9.17, 15) is 35.1 Å². The molecule has 1 nitrogen and oxygen atoms in total. The lowest BCUT2D eigenvalue weighted by atomic mass is 10.6. The Bertz CT molecular complexity index is 194. The fraction of sp³-hybridized carbons (Fsp3) is 1.00. The highest BCUT2D eigenvalue weighted by molar-refractivity contribution is 9.10. The fourth-order valence-electron chi connectivity index (χ4n) is 0.264. The number of ether oxygens (including phenoxy) is 1. The molecule has 0 bridgehead atoms. The third-order valence-electron chi connectivity index (χ3n) is 0.839. The lowest BCUT2D eigenvalue weighted by Gasteiger charge is -2.23. The molecule has 0 aromatic carbocycles. The zero-order chi connectivity index (χ0) is 11.8. The van der Waals surface area contributed by atoms with Crippen LogP contribution < -0.4 is 0 Å². The smallest absolute Gasteiger partial charge is 0.271 e. The minimum Gasteiger partial charge on any atom is -0.271 e. The van der Waals surface area contributed by atoms with Gasteiger partial charge >= 0.3 is 17.1 Å². The molecule has 0 rings (SSSR count). The first-order chi connectivity index (χ1) is 5.88. The molecule has 0 aromatic rings. The molecule has 0 spiro atoms. The molecule has 10 heteroatoms. The number of alkyl halides is 9. The SMILES string of the molecule is FC(OC(F)(F)C(F)(F)Br)C(F)(F)F. The van der Waals surface area contributed by atoms with Gasteiger partial charge in [0.25, 0.3) is 6.36 Å². The van der Waals surface area contributed by atoms with E-state index in [2.05, 4.69) is 4.74 Å². The van der Waals surface area contributed by atoms with Crippen molar-refractivity contribution in [1.29, 1.82) is 0 Å². The average Bonchev–Trinajstić information content (AvgIpc) is 1.80. The van der Waals surface area contributed by atoms with E-state index < -0.39 is 23.5 Å². The Hall–Kier alpha value is -0.120. The molecule has 0 saturated heterocycles. The highest BCUT2D eigenvalue weighted by Gasteiger charge is 2.60. The van der Waals surface area contributed by atoms with Crippen molar-refractivity contribution in [3.63, 3.8) is 0 Å². The van der Waals surface area contributed by atoms with Crippen LogP contribution in [-0.2, 0) is 4.74 Å². The van der Waals surface area contributed by atoms with Crippen LogP contribution >= 0.6 is 15.9 Å². The average molecular weight is 297 g/mol. The Morgan fingerprint density at radius 3 is 1.50 bits per heavy atom. The molecule has 0 saturated carbocycles. The highest BCUT2D eigenvalue weighted by atomic mass is 79.9. The molecule has 0 aliphatic heterocycles. The van der Waals surface area contributed by atoms with Crippen LogP contribution in [0.1, 0.15) is 0 Å². The summed E-state index contributed by atoms with van der Waals surface area (Å²) in [5.41, 5.74) is 0. The van der Waals surface area contributed by atoms with Gasteiger partial charge in [-0.25, -0.2) is 4.39 Å². The zero-order valence-electron chi connectivity index (χ0n) is 5.89. The van der Waals surface area contributed by atoms with Crippen molar-refractivity contribution in [3.8, 4) is 0 Å². The molecule has 1 atom stereocenters. The summed E-state index contributed by atoms with van der Waals surface area (Å²) in [6.45, 7) is 0. The van der Waals surface area contributed by atoms with Gasteiger partial charge in [0.2, 0.25) is 0 Å². The number of hydrogen-bond donors (Lipinski definition) is 0. The van der Waals surface area contributed by atoms with Crippen molar-refractivity contribution in [2.45, 2.75) is 23.5 Å². The summed E-state index contributed by atoms with van der Waals surface area (Å²) in [6, 6.07) is 0. The van der Waals surface area contributed by atoms with Gasteiger partial charge in [0.15, 0.2) is 0 Å². The minimum absolute atomic E-state index is 1.05. The fourth-order valence-corrected chi connectivity index (χ4v) is 0.357. The van der Waals surface area contributed by atoms with Crippen LogP contribution in [0.2, 0.25) is 0 Å². The molecule has 1 unspecified atom stereocenters. The number of rotatable bonds is 3. The summed E-state index contributed by atoms with van der Waals surface area (Å²) in [5.74, 6) is 0. The first kappa shape index (κ1) is 13.9. The highest BCUT2D eigenvalue weighted by Crippen LogP contribution is 2.42.